The molecular weight excluding hydrogens is 192 g/mol. The van der Waals surface area contributed by atoms with Gasteiger partial charge in [-0.25, -0.2) is 0 Å². The van der Waals surface area contributed by atoms with Crippen molar-refractivity contribution in [2.75, 3.05) is 13.7 Å². The molecule has 0 amide bonds. The lowest BCUT2D eigenvalue weighted by Crippen LogP contribution is -1.99. The molecule has 0 fully saturated rings. The predicted octanol–water partition coefficient (Wildman–Crippen LogP) is 2.54. The van der Waals surface area contributed by atoms with Crippen molar-refractivity contribution in [2.45, 2.75) is 26.4 Å². The summed E-state index contributed by atoms with van der Waals surface area (Å²) in [6.45, 7) is 4.47. The van der Waals surface area contributed by atoms with Crippen LogP contribution in [-0.2, 0) is 0 Å². The fraction of sp³-hybridized carbons (Fsp3) is 0.500. The van der Waals surface area contributed by atoms with E-state index in [1.54, 1.807) is 7.11 Å². The van der Waals surface area contributed by atoms with Crippen molar-refractivity contribution in [1.82, 2.24) is 0 Å². The zero-order valence-electron chi connectivity index (χ0n) is 9.49. The second kappa shape index (κ2) is 5.61. The number of ether oxygens (including phenoxy) is 2. The Morgan fingerprint density at radius 1 is 1.27 bits per heavy atom. The van der Waals surface area contributed by atoms with Crippen molar-refractivity contribution >= 4 is 0 Å². The second-order valence-electron chi connectivity index (χ2n) is 3.27. The van der Waals surface area contributed by atoms with Crippen LogP contribution in [0, 0.1) is 0 Å². The molecule has 0 radical (unpaired) electrons. The fourth-order valence-electron chi connectivity index (χ4n) is 1.40. The van der Waals surface area contributed by atoms with Gasteiger partial charge in [0.15, 0.2) is 11.5 Å². The Morgan fingerprint density at radius 3 is 2.53 bits per heavy atom. The Morgan fingerprint density at radius 2 is 2.00 bits per heavy atom. The Hall–Kier alpha value is -1.22. The third kappa shape index (κ3) is 2.86. The van der Waals surface area contributed by atoms with Crippen molar-refractivity contribution in [2.24, 2.45) is 0 Å². The van der Waals surface area contributed by atoms with E-state index in [-0.39, 0.29) is 0 Å². The van der Waals surface area contributed by atoms with E-state index in [1.807, 2.05) is 32.0 Å². The molecule has 0 heterocycles. The molecule has 0 saturated carbocycles. The standard InChI is InChI=1S/C12H18O3/c1-4-10(13)9-6-7-11(15-5-2)12(8-9)14-3/h6-8,10,13H,4-5H2,1-3H3. The molecule has 1 atom stereocenters. The molecule has 1 rings (SSSR count). The summed E-state index contributed by atoms with van der Waals surface area (Å²) in [6.07, 6.45) is 0.256. The van der Waals surface area contributed by atoms with Crippen LogP contribution in [-0.4, -0.2) is 18.8 Å². The first kappa shape index (κ1) is 11.9. The van der Waals surface area contributed by atoms with Gasteiger partial charge in [0.1, 0.15) is 0 Å². The van der Waals surface area contributed by atoms with Gasteiger partial charge in [0.05, 0.1) is 19.8 Å². The fourth-order valence-corrected chi connectivity index (χ4v) is 1.40. The maximum atomic E-state index is 9.67. The van der Waals surface area contributed by atoms with Crippen LogP contribution < -0.4 is 9.47 Å². The highest BCUT2D eigenvalue weighted by atomic mass is 16.5. The number of hydrogen-bond acceptors (Lipinski definition) is 3. The molecule has 0 aliphatic heterocycles. The minimum Gasteiger partial charge on any atom is -0.493 e. The van der Waals surface area contributed by atoms with Gasteiger partial charge in [-0.2, -0.15) is 0 Å². The van der Waals surface area contributed by atoms with Crippen molar-refractivity contribution in [3.8, 4) is 11.5 Å². The molecule has 0 aliphatic carbocycles. The molecule has 0 aromatic heterocycles. The molecule has 0 saturated heterocycles. The molecular formula is C12H18O3. The summed E-state index contributed by atoms with van der Waals surface area (Å²) in [5.74, 6) is 1.38. The molecule has 0 spiro atoms. The van der Waals surface area contributed by atoms with Gasteiger partial charge in [0.2, 0.25) is 0 Å². The monoisotopic (exact) mass is 210 g/mol. The first-order valence-corrected chi connectivity index (χ1v) is 5.21. The van der Waals surface area contributed by atoms with Gasteiger partial charge in [0, 0.05) is 0 Å². The average Bonchev–Trinajstić information content (AvgIpc) is 2.29. The Bertz CT molecular complexity index is 310. The van der Waals surface area contributed by atoms with Gasteiger partial charge in [0.25, 0.3) is 0 Å². The topological polar surface area (TPSA) is 38.7 Å². The van der Waals surface area contributed by atoms with Crippen molar-refractivity contribution < 1.29 is 14.6 Å². The summed E-state index contributed by atoms with van der Waals surface area (Å²) in [4.78, 5) is 0. The van der Waals surface area contributed by atoms with E-state index in [1.165, 1.54) is 0 Å². The number of aliphatic hydroxyl groups is 1. The van der Waals surface area contributed by atoms with Crippen molar-refractivity contribution in [3.63, 3.8) is 0 Å². The zero-order chi connectivity index (χ0) is 11.3. The van der Waals surface area contributed by atoms with E-state index in [0.29, 0.717) is 24.5 Å². The van der Waals surface area contributed by atoms with Crippen molar-refractivity contribution in [1.29, 1.82) is 0 Å². The Balaban J connectivity index is 2.96. The molecule has 1 aromatic rings. The van der Waals surface area contributed by atoms with Gasteiger partial charge < -0.3 is 14.6 Å². The molecule has 1 N–H and O–H groups in total. The minimum atomic E-state index is -0.436. The summed E-state index contributed by atoms with van der Waals surface area (Å²) in [7, 11) is 1.60. The maximum Gasteiger partial charge on any atom is 0.161 e. The van der Waals surface area contributed by atoms with Gasteiger partial charge in [-0.3, -0.25) is 0 Å². The van der Waals surface area contributed by atoms with Crippen LogP contribution in [0.2, 0.25) is 0 Å². The largest absolute Gasteiger partial charge is 0.493 e. The highest BCUT2D eigenvalue weighted by molar-refractivity contribution is 5.43. The zero-order valence-corrected chi connectivity index (χ0v) is 9.49. The second-order valence-corrected chi connectivity index (χ2v) is 3.27. The van der Waals surface area contributed by atoms with Crippen LogP contribution in [0.4, 0.5) is 0 Å². The van der Waals surface area contributed by atoms with Gasteiger partial charge in [-0.05, 0) is 31.0 Å². The molecule has 3 nitrogen and oxygen atoms in total. The molecule has 0 aliphatic rings. The van der Waals surface area contributed by atoms with E-state index < -0.39 is 6.10 Å². The molecule has 84 valence electrons. The van der Waals surface area contributed by atoms with E-state index in [0.717, 1.165) is 5.56 Å². The van der Waals surface area contributed by atoms with E-state index in [2.05, 4.69) is 0 Å². The summed E-state index contributed by atoms with van der Waals surface area (Å²) in [6, 6.07) is 5.51. The highest BCUT2D eigenvalue weighted by Gasteiger charge is 2.09. The molecule has 15 heavy (non-hydrogen) atoms. The Labute approximate surface area is 90.6 Å². The van der Waals surface area contributed by atoms with Crippen LogP contribution in [0.5, 0.6) is 11.5 Å². The van der Waals surface area contributed by atoms with Gasteiger partial charge >= 0.3 is 0 Å². The quantitative estimate of drug-likeness (QED) is 0.811. The Kier molecular flexibility index (Phi) is 4.43. The lowest BCUT2D eigenvalue weighted by atomic mass is 10.1. The SMILES string of the molecule is CCOc1ccc(C(O)CC)cc1OC. The predicted molar refractivity (Wildman–Crippen MR) is 59.4 cm³/mol. The lowest BCUT2D eigenvalue weighted by Gasteiger charge is -2.13. The minimum absolute atomic E-state index is 0.436. The smallest absolute Gasteiger partial charge is 0.161 e. The van der Waals surface area contributed by atoms with Crippen molar-refractivity contribution in [3.05, 3.63) is 23.8 Å². The number of benzene rings is 1. The van der Waals surface area contributed by atoms with E-state index in [4.69, 9.17) is 9.47 Å². The van der Waals surface area contributed by atoms with Crippen LogP contribution in [0.1, 0.15) is 31.9 Å². The molecule has 3 heteroatoms. The molecule has 1 aromatic carbocycles. The summed E-state index contributed by atoms with van der Waals surface area (Å²) >= 11 is 0. The summed E-state index contributed by atoms with van der Waals surface area (Å²) < 4.78 is 10.6. The van der Waals surface area contributed by atoms with E-state index >= 15 is 0 Å². The van der Waals surface area contributed by atoms with Crippen LogP contribution >= 0.6 is 0 Å². The number of methoxy groups -OCH3 is 1. The van der Waals surface area contributed by atoms with Crippen LogP contribution in [0.3, 0.4) is 0 Å². The normalized spacial score (nSPS) is 12.3. The summed E-state index contributed by atoms with van der Waals surface area (Å²) in [5, 5.41) is 9.67. The lowest BCUT2D eigenvalue weighted by molar-refractivity contribution is 0.173. The number of hydrogen-bond donors (Lipinski definition) is 1. The maximum absolute atomic E-state index is 9.67. The summed E-state index contributed by atoms with van der Waals surface area (Å²) in [5.41, 5.74) is 0.859. The number of rotatable bonds is 5. The van der Waals surface area contributed by atoms with Gasteiger partial charge in [-0.1, -0.05) is 13.0 Å². The third-order valence-electron chi connectivity index (χ3n) is 2.26. The van der Waals surface area contributed by atoms with Crippen LogP contribution in [0.25, 0.3) is 0 Å². The van der Waals surface area contributed by atoms with Gasteiger partial charge in [-0.15, -0.1) is 0 Å². The van der Waals surface area contributed by atoms with E-state index in [9.17, 15) is 5.11 Å². The molecule has 0 bridgehead atoms. The number of aliphatic hydroxyl groups excluding tert-OH is 1. The van der Waals surface area contributed by atoms with Crippen LogP contribution in [0.15, 0.2) is 18.2 Å². The third-order valence-corrected chi connectivity index (χ3v) is 2.26. The molecule has 1 unspecified atom stereocenters. The first-order valence-electron chi connectivity index (χ1n) is 5.21. The average molecular weight is 210 g/mol. The first-order chi connectivity index (χ1) is 7.22. The highest BCUT2D eigenvalue weighted by Crippen LogP contribution is 2.30.